The van der Waals surface area contributed by atoms with Gasteiger partial charge in [0.25, 0.3) is 0 Å². The summed E-state index contributed by atoms with van der Waals surface area (Å²) in [4.78, 5) is 23.3. The highest BCUT2D eigenvalue weighted by Crippen LogP contribution is 2.30. The first kappa shape index (κ1) is 18.2. The van der Waals surface area contributed by atoms with Crippen molar-refractivity contribution in [2.45, 2.75) is 52.1 Å². The number of aldehydes is 1. The van der Waals surface area contributed by atoms with E-state index < -0.39 is 5.60 Å². The molecule has 1 fully saturated rings. The third-order valence-corrected chi connectivity index (χ3v) is 4.02. The van der Waals surface area contributed by atoms with Gasteiger partial charge in [0.2, 0.25) is 0 Å². The van der Waals surface area contributed by atoms with E-state index in [1.165, 1.54) is 18.9 Å². The summed E-state index contributed by atoms with van der Waals surface area (Å²) in [6.45, 7) is 5.53. The number of esters is 1. The summed E-state index contributed by atoms with van der Waals surface area (Å²) in [5.74, 6) is 0.131. The molecule has 0 spiro atoms. The normalized spacial score (nSPS) is 16.5. The van der Waals surface area contributed by atoms with Crippen LogP contribution in [-0.4, -0.2) is 17.9 Å². The van der Waals surface area contributed by atoms with Crippen molar-refractivity contribution in [2.75, 3.05) is 0 Å². The van der Waals surface area contributed by atoms with Crippen LogP contribution in [0.3, 0.4) is 0 Å². The summed E-state index contributed by atoms with van der Waals surface area (Å²) < 4.78 is 5.33. The number of carbonyl (C=O) groups excluding carboxylic acids is 2. The Hall–Kier alpha value is -2.16. The molecule has 128 valence electrons. The maximum absolute atomic E-state index is 12.0. The van der Waals surface area contributed by atoms with Crippen LogP contribution in [0, 0.1) is 5.92 Å². The first-order chi connectivity index (χ1) is 11.4. The van der Waals surface area contributed by atoms with E-state index >= 15 is 0 Å². The van der Waals surface area contributed by atoms with Crippen molar-refractivity contribution in [3.63, 3.8) is 0 Å². The molecule has 0 aliphatic heterocycles. The molecule has 0 amide bonds. The Kier molecular flexibility index (Phi) is 6.13. The summed E-state index contributed by atoms with van der Waals surface area (Å²) in [5, 5.41) is 0. The van der Waals surface area contributed by atoms with Gasteiger partial charge in [0.05, 0.1) is 0 Å². The van der Waals surface area contributed by atoms with Crippen LogP contribution in [0.25, 0.3) is 5.57 Å². The van der Waals surface area contributed by atoms with Gasteiger partial charge in [0.15, 0.2) is 6.29 Å². The van der Waals surface area contributed by atoms with E-state index in [0.29, 0.717) is 11.5 Å². The molecule has 1 aromatic rings. The molecule has 1 aromatic carbocycles. The molecule has 3 heteroatoms. The highest BCUT2D eigenvalue weighted by atomic mass is 16.6. The van der Waals surface area contributed by atoms with Gasteiger partial charge >= 0.3 is 5.97 Å². The molecule has 0 atom stereocenters. The van der Waals surface area contributed by atoms with E-state index in [4.69, 9.17) is 4.74 Å². The molecule has 1 aliphatic carbocycles. The van der Waals surface area contributed by atoms with E-state index in [1.807, 2.05) is 39.0 Å². The van der Waals surface area contributed by atoms with Gasteiger partial charge in [-0.2, -0.15) is 0 Å². The van der Waals surface area contributed by atoms with Crippen LogP contribution in [0.2, 0.25) is 0 Å². The number of carbonyl (C=O) groups is 2. The van der Waals surface area contributed by atoms with Crippen molar-refractivity contribution in [2.24, 2.45) is 5.92 Å². The van der Waals surface area contributed by atoms with Gasteiger partial charge < -0.3 is 4.74 Å². The predicted molar refractivity (Wildman–Crippen MR) is 96.7 cm³/mol. The topological polar surface area (TPSA) is 43.4 Å². The van der Waals surface area contributed by atoms with Gasteiger partial charge in [-0.3, -0.25) is 4.79 Å². The van der Waals surface area contributed by atoms with Crippen LogP contribution in [0.15, 0.2) is 42.5 Å². The number of benzene rings is 1. The lowest BCUT2D eigenvalue weighted by Crippen LogP contribution is -2.22. The molecule has 1 aliphatic rings. The fourth-order valence-corrected chi connectivity index (χ4v) is 2.97. The van der Waals surface area contributed by atoms with Gasteiger partial charge in [-0.25, -0.2) is 4.79 Å². The van der Waals surface area contributed by atoms with E-state index in [9.17, 15) is 9.59 Å². The Bertz CT molecular complexity index is 641. The van der Waals surface area contributed by atoms with Crippen LogP contribution in [0.5, 0.6) is 0 Å². The average Bonchev–Trinajstić information content (AvgIpc) is 3.02. The van der Waals surface area contributed by atoms with Gasteiger partial charge in [-0.15, -0.1) is 0 Å². The summed E-state index contributed by atoms with van der Waals surface area (Å²) in [7, 11) is 0. The number of hydrogen-bond acceptors (Lipinski definition) is 3. The maximum atomic E-state index is 12.0. The minimum absolute atomic E-state index is 0.372. The standard InChI is InChI=1S/C21H26O3/c1-21(2,3)24-20(23)13-12-17(14-16-8-4-5-9-16)19-11-7-6-10-18(19)15-22/h6-7,10-16H,4-5,8-9H2,1-3H3/b13-12+,17-14-. The largest absolute Gasteiger partial charge is 0.457 e. The van der Waals surface area contributed by atoms with Crippen molar-refractivity contribution in [3.8, 4) is 0 Å². The second kappa shape index (κ2) is 8.09. The third-order valence-electron chi connectivity index (χ3n) is 4.02. The van der Waals surface area contributed by atoms with E-state index in [-0.39, 0.29) is 5.97 Å². The minimum Gasteiger partial charge on any atom is -0.457 e. The average molecular weight is 326 g/mol. The van der Waals surface area contributed by atoms with Crippen molar-refractivity contribution >= 4 is 17.8 Å². The SMILES string of the molecule is CC(C)(C)OC(=O)/C=C/C(=C/C1CCCC1)c1ccccc1C=O. The fraction of sp³-hybridized carbons (Fsp3) is 0.429. The Morgan fingerprint density at radius 1 is 1.12 bits per heavy atom. The molecule has 0 heterocycles. The van der Waals surface area contributed by atoms with Crippen LogP contribution >= 0.6 is 0 Å². The lowest BCUT2D eigenvalue weighted by molar-refractivity contribution is -0.148. The molecule has 0 saturated heterocycles. The highest BCUT2D eigenvalue weighted by molar-refractivity contribution is 5.92. The Morgan fingerprint density at radius 3 is 2.42 bits per heavy atom. The minimum atomic E-state index is -0.516. The Morgan fingerprint density at radius 2 is 1.79 bits per heavy atom. The monoisotopic (exact) mass is 326 g/mol. The number of ether oxygens (including phenoxy) is 1. The van der Waals surface area contributed by atoms with Gasteiger partial charge in [0, 0.05) is 11.6 Å². The zero-order chi connectivity index (χ0) is 17.6. The fourth-order valence-electron chi connectivity index (χ4n) is 2.97. The molecule has 0 unspecified atom stereocenters. The van der Waals surface area contributed by atoms with Crippen LogP contribution in [-0.2, 0) is 9.53 Å². The van der Waals surface area contributed by atoms with Crippen molar-refractivity contribution in [1.82, 2.24) is 0 Å². The quantitative estimate of drug-likeness (QED) is 0.332. The zero-order valence-electron chi connectivity index (χ0n) is 14.7. The van der Waals surface area contributed by atoms with Crippen LogP contribution in [0.4, 0.5) is 0 Å². The molecular formula is C21H26O3. The second-order valence-corrected chi connectivity index (χ2v) is 7.24. The van der Waals surface area contributed by atoms with Crippen LogP contribution in [0.1, 0.15) is 62.4 Å². The Balaban J connectivity index is 2.30. The molecule has 1 saturated carbocycles. The molecule has 0 N–H and O–H groups in total. The van der Waals surface area contributed by atoms with Gasteiger partial charge in [-0.1, -0.05) is 43.2 Å². The third kappa shape index (κ3) is 5.48. The molecule has 24 heavy (non-hydrogen) atoms. The molecule has 2 rings (SSSR count). The maximum Gasteiger partial charge on any atom is 0.331 e. The summed E-state index contributed by atoms with van der Waals surface area (Å²) in [6, 6.07) is 7.47. The van der Waals surface area contributed by atoms with Crippen molar-refractivity contribution < 1.29 is 14.3 Å². The van der Waals surface area contributed by atoms with Crippen molar-refractivity contribution in [3.05, 3.63) is 53.6 Å². The van der Waals surface area contributed by atoms with E-state index in [2.05, 4.69) is 6.08 Å². The molecule has 0 bridgehead atoms. The lowest BCUT2D eigenvalue weighted by atomic mass is 9.95. The first-order valence-corrected chi connectivity index (χ1v) is 8.56. The molecular weight excluding hydrogens is 300 g/mol. The van der Waals surface area contributed by atoms with Gasteiger partial charge in [0.1, 0.15) is 5.60 Å². The van der Waals surface area contributed by atoms with Crippen molar-refractivity contribution in [1.29, 1.82) is 0 Å². The highest BCUT2D eigenvalue weighted by Gasteiger charge is 2.16. The second-order valence-electron chi connectivity index (χ2n) is 7.24. The van der Waals surface area contributed by atoms with Crippen LogP contribution < -0.4 is 0 Å². The molecule has 0 aromatic heterocycles. The predicted octanol–water partition coefficient (Wildman–Crippen LogP) is 4.97. The lowest BCUT2D eigenvalue weighted by Gasteiger charge is -2.18. The summed E-state index contributed by atoms with van der Waals surface area (Å²) >= 11 is 0. The van der Waals surface area contributed by atoms with E-state index in [0.717, 1.165) is 30.3 Å². The number of rotatable bonds is 5. The summed E-state index contributed by atoms with van der Waals surface area (Å²) in [5.41, 5.74) is 1.89. The zero-order valence-corrected chi connectivity index (χ0v) is 14.7. The first-order valence-electron chi connectivity index (χ1n) is 8.56. The smallest absolute Gasteiger partial charge is 0.331 e. The van der Waals surface area contributed by atoms with Gasteiger partial charge in [-0.05, 0) is 56.7 Å². The van der Waals surface area contributed by atoms with E-state index in [1.54, 1.807) is 12.1 Å². The molecule has 3 nitrogen and oxygen atoms in total. The number of allylic oxidation sites excluding steroid dienone is 3. The summed E-state index contributed by atoms with van der Waals surface area (Å²) in [6.07, 6.45) is 11.1. The molecule has 0 radical (unpaired) electrons. The number of hydrogen-bond donors (Lipinski definition) is 0. The Labute approximate surface area is 144 Å².